The minimum absolute atomic E-state index is 0.548. The Morgan fingerprint density at radius 3 is 2.61 bits per heavy atom. The summed E-state index contributed by atoms with van der Waals surface area (Å²) in [7, 11) is 1.73. The molecule has 0 saturated carbocycles. The van der Waals surface area contributed by atoms with Crippen LogP contribution in [0.2, 0.25) is 0 Å². The minimum atomic E-state index is 0.548. The van der Waals surface area contributed by atoms with Crippen LogP contribution in [-0.2, 0) is 11.2 Å². The van der Waals surface area contributed by atoms with E-state index >= 15 is 0 Å². The molecular formula is C22H31N5O. The molecule has 0 aliphatic heterocycles. The molecule has 2 aromatic heterocycles. The Labute approximate surface area is 167 Å². The molecule has 0 aliphatic rings. The molecule has 0 bridgehead atoms. The fraction of sp³-hybridized carbons (Fsp3) is 0.455. The van der Waals surface area contributed by atoms with Crippen LogP contribution in [0.25, 0.3) is 16.9 Å². The smallest absolute Gasteiger partial charge is 0.160 e. The Morgan fingerprint density at radius 1 is 1.14 bits per heavy atom. The van der Waals surface area contributed by atoms with Gasteiger partial charge in [-0.3, -0.25) is 0 Å². The number of hydrogen-bond donors (Lipinski definition) is 1. The maximum absolute atomic E-state index is 6.26. The number of fused-ring (bicyclic) bond motifs is 1. The van der Waals surface area contributed by atoms with E-state index in [2.05, 4.69) is 48.9 Å². The van der Waals surface area contributed by atoms with Crippen molar-refractivity contribution in [3.63, 3.8) is 0 Å². The lowest BCUT2D eigenvalue weighted by atomic mass is 10.0. The highest BCUT2D eigenvalue weighted by Gasteiger charge is 2.19. The molecule has 0 unspecified atom stereocenters. The number of hydrogen-bond acceptors (Lipinski definition) is 5. The molecule has 2 heterocycles. The van der Waals surface area contributed by atoms with Gasteiger partial charge in [-0.1, -0.05) is 37.6 Å². The molecule has 0 radical (unpaired) electrons. The van der Waals surface area contributed by atoms with E-state index < -0.39 is 0 Å². The first kappa shape index (κ1) is 20.1. The largest absolute Gasteiger partial charge is 0.383 e. The normalized spacial score (nSPS) is 11.3. The van der Waals surface area contributed by atoms with Crippen molar-refractivity contribution < 1.29 is 4.74 Å². The molecule has 0 amide bonds. The number of nitrogen functional groups attached to an aromatic ring is 1. The first-order valence-electron chi connectivity index (χ1n) is 9.99. The molecule has 0 saturated heterocycles. The SMILES string of the molecule is CCCN(CCOC)c1c(C)c(N)nc2cc(-c3ccc(C)cc3CC)nn12. The van der Waals surface area contributed by atoms with Gasteiger partial charge in [0.1, 0.15) is 11.6 Å². The predicted octanol–water partition coefficient (Wildman–Crippen LogP) is 4.02. The number of rotatable bonds is 8. The lowest BCUT2D eigenvalue weighted by molar-refractivity contribution is 0.205. The van der Waals surface area contributed by atoms with E-state index in [0.717, 1.165) is 54.2 Å². The molecule has 1 aromatic carbocycles. The van der Waals surface area contributed by atoms with Crippen molar-refractivity contribution in [3.05, 3.63) is 41.0 Å². The molecule has 3 rings (SSSR count). The van der Waals surface area contributed by atoms with Gasteiger partial charge in [-0.05, 0) is 32.3 Å². The maximum Gasteiger partial charge on any atom is 0.160 e. The topological polar surface area (TPSA) is 68.7 Å². The fourth-order valence-corrected chi connectivity index (χ4v) is 3.65. The summed E-state index contributed by atoms with van der Waals surface area (Å²) < 4.78 is 7.26. The molecule has 28 heavy (non-hydrogen) atoms. The van der Waals surface area contributed by atoms with Crippen molar-refractivity contribution in [2.24, 2.45) is 0 Å². The zero-order valence-electron chi connectivity index (χ0n) is 17.6. The Balaban J connectivity index is 2.18. The lowest BCUT2D eigenvalue weighted by Crippen LogP contribution is -2.31. The van der Waals surface area contributed by atoms with Crippen LogP contribution >= 0.6 is 0 Å². The molecule has 6 nitrogen and oxygen atoms in total. The number of nitrogens with zero attached hydrogens (tertiary/aromatic N) is 4. The molecule has 0 spiro atoms. The van der Waals surface area contributed by atoms with Gasteiger partial charge in [-0.15, -0.1) is 0 Å². The molecule has 3 aromatic rings. The molecule has 150 valence electrons. The van der Waals surface area contributed by atoms with E-state index in [1.807, 2.05) is 17.5 Å². The van der Waals surface area contributed by atoms with Gasteiger partial charge in [-0.25, -0.2) is 4.98 Å². The number of anilines is 2. The summed E-state index contributed by atoms with van der Waals surface area (Å²) >= 11 is 0. The van der Waals surface area contributed by atoms with Crippen LogP contribution in [0.1, 0.15) is 37.0 Å². The van der Waals surface area contributed by atoms with Crippen LogP contribution in [-0.4, -0.2) is 41.4 Å². The molecule has 0 atom stereocenters. The summed E-state index contributed by atoms with van der Waals surface area (Å²) in [4.78, 5) is 6.89. The highest BCUT2D eigenvalue weighted by atomic mass is 16.5. The summed E-state index contributed by atoms with van der Waals surface area (Å²) in [6.45, 7) is 10.8. The van der Waals surface area contributed by atoms with Crippen LogP contribution in [0, 0.1) is 13.8 Å². The van der Waals surface area contributed by atoms with Crippen molar-refractivity contribution in [1.29, 1.82) is 0 Å². The predicted molar refractivity (Wildman–Crippen MR) is 116 cm³/mol. The molecule has 2 N–H and O–H groups in total. The van der Waals surface area contributed by atoms with E-state index in [0.29, 0.717) is 12.4 Å². The van der Waals surface area contributed by atoms with Crippen LogP contribution in [0.3, 0.4) is 0 Å². The maximum atomic E-state index is 6.26. The van der Waals surface area contributed by atoms with Crippen molar-refractivity contribution >= 4 is 17.3 Å². The van der Waals surface area contributed by atoms with Crippen molar-refractivity contribution in [3.8, 4) is 11.3 Å². The summed E-state index contributed by atoms with van der Waals surface area (Å²) in [6, 6.07) is 8.55. The Hall–Kier alpha value is -2.60. The van der Waals surface area contributed by atoms with Crippen LogP contribution in [0.5, 0.6) is 0 Å². The van der Waals surface area contributed by atoms with Crippen LogP contribution in [0.15, 0.2) is 24.3 Å². The molecule has 6 heteroatoms. The van der Waals surface area contributed by atoms with E-state index in [1.165, 1.54) is 11.1 Å². The van der Waals surface area contributed by atoms with E-state index in [-0.39, 0.29) is 0 Å². The Kier molecular flexibility index (Phi) is 6.19. The minimum Gasteiger partial charge on any atom is -0.383 e. The van der Waals surface area contributed by atoms with Gasteiger partial charge >= 0.3 is 0 Å². The molecular weight excluding hydrogens is 350 g/mol. The van der Waals surface area contributed by atoms with Crippen molar-refractivity contribution in [1.82, 2.24) is 14.6 Å². The number of benzene rings is 1. The van der Waals surface area contributed by atoms with Crippen molar-refractivity contribution in [2.75, 3.05) is 37.4 Å². The summed E-state index contributed by atoms with van der Waals surface area (Å²) in [5, 5.41) is 4.95. The number of ether oxygens (including phenoxy) is 1. The third-order valence-electron chi connectivity index (χ3n) is 5.12. The van der Waals surface area contributed by atoms with E-state index in [1.54, 1.807) is 7.11 Å². The summed E-state index contributed by atoms with van der Waals surface area (Å²) in [5.41, 5.74) is 12.6. The average molecular weight is 382 g/mol. The summed E-state index contributed by atoms with van der Waals surface area (Å²) in [6.07, 6.45) is 1.99. The first-order valence-corrected chi connectivity index (χ1v) is 9.99. The second-order valence-electron chi connectivity index (χ2n) is 7.24. The number of aryl methyl sites for hydroxylation is 2. The van der Waals surface area contributed by atoms with Crippen LogP contribution in [0.4, 0.5) is 11.6 Å². The van der Waals surface area contributed by atoms with Crippen LogP contribution < -0.4 is 10.6 Å². The third-order valence-corrected chi connectivity index (χ3v) is 5.12. The Morgan fingerprint density at radius 2 is 1.93 bits per heavy atom. The number of aromatic nitrogens is 3. The van der Waals surface area contributed by atoms with Crippen molar-refractivity contribution in [2.45, 2.75) is 40.5 Å². The highest BCUT2D eigenvalue weighted by Crippen LogP contribution is 2.30. The Bertz CT molecular complexity index is 963. The molecule has 0 fully saturated rings. The van der Waals surface area contributed by atoms with E-state index in [9.17, 15) is 0 Å². The lowest BCUT2D eigenvalue weighted by Gasteiger charge is -2.26. The average Bonchev–Trinajstić information content (AvgIpc) is 3.09. The first-order chi connectivity index (χ1) is 13.5. The summed E-state index contributed by atoms with van der Waals surface area (Å²) in [5.74, 6) is 1.55. The van der Waals surface area contributed by atoms with Gasteiger partial charge in [0.25, 0.3) is 0 Å². The van der Waals surface area contributed by atoms with E-state index in [4.69, 9.17) is 15.6 Å². The van der Waals surface area contributed by atoms with Gasteiger partial charge in [0.05, 0.1) is 12.3 Å². The highest BCUT2D eigenvalue weighted by molar-refractivity contribution is 5.71. The van der Waals surface area contributed by atoms with Gasteiger partial charge in [0.15, 0.2) is 5.65 Å². The quantitative estimate of drug-likeness (QED) is 0.638. The van der Waals surface area contributed by atoms with Gasteiger partial charge in [0, 0.05) is 37.4 Å². The van der Waals surface area contributed by atoms with Gasteiger partial charge in [0.2, 0.25) is 0 Å². The second-order valence-corrected chi connectivity index (χ2v) is 7.24. The zero-order chi connectivity index (χ0) is 20.3. The number of methoxy groups -OCH3 is 1. The van der Waals surface area contributed by atoms with Gasteiger partial charge in [-0.2, -0.15) is 9.61 Å². The number of nitrogens with two attached hydrogens (primary N) is 1. The molecule has 0 aliphatic carbocycles. The standard InChI is InChI=1S/C22H31N5O/c1-6-10-26(11-12-28-5)22-16(4)21(23)24-20-14-19(25-27(20)22)18-9-8-15(3)13-17(18)7-2/h8-9,13-14H,6-7,10-12H2,1-5H3,(H2,23,24). The fourth-order valence-electron chi connectivity index (χ4n) is 3.65. The van der Waals surface area contributed by atoms with Gasteiger partial charge < -0.3 is 15.4 Å². The monoisotopic (exact) mass is 381 g/mol. The zero-order valence-corrected chi connectivity index (χ0v) is 17.6. The third kappa shape index (κ3) is 3.83. The second kappa shape index (κ2) is 8.61.